The summed E-state index contributed by atoms with van der Waals surface area (Å²) in [7, 11) is 1.80. The molecule has 18 heteroatoms. The van der Waals surface area contributed by atoms with Gasteiger partial charge < -0.3 is 25.3 Å². The Hall–Kier alpha value is -5.13. The predicted octanol–water partition coefficient (Wildman–Crippen LogP) is 5.23. The lowest BCUT2D eigenvalue weighted by Crippen LogP contribution is -2.62. The zero-order chi connectivity index (χ0) is 43.6. The number of carbonyl (C=O) groups is 3. The summed E-state index contributed by atoms with van der Waals surface area (Å²) in [6, 6.07) is 12.6. The molecule has 3 amide bonds. The number of imide groups is 1. The maximum absolute atomic E-state index is 16.0. The van der Waals surface area contributed by atoms with Crippen LogP contribution in [-0.4, -0.2) is 139 Å². The number of anilines is 5. The molecule has 1 saturated carbocycles. The molecule has 0 bridgehead atoms. The second-order valence-corrected chi connectivity index (χ2v) is 18.4. The number of imidazole rings is 1. The summed E-state index contributed by atoms with van der Waals surface area (Å²) in [5.41, 5.74) is 6.58. The van der Waals surface area contributed by atoms with Crippen molar-refractivity contribution in [2.45, 2.75) is 75.0 Å². The number of halogens is 4. The van der Waals surface area contributed by atoms with Gasteiger partial charge in [0.1, 0.15) is 6.17 Å². The number of carbonyl (C=O) groups excluding carboxylic acids is 3. The van der Waals surface area contributed by atoms with Crippen molar-refractivity contribution >= 4 is 63.5 Å². The molecule has 14 nitrogen and oxygen atoms in total. The van der Waals surface area contributed by atoms with Crippen molar-refractivity contribution in [1.29, 1.82) is 0 Å². The van der Waals surface area contributed by atoms with Crippen LogP contribution >= 0.6 is 11.6 Å². The molecular formula is C45H53ClF3N11O3. The third kappa shape index (κ3) is 8.16. The molecule has 63 heavy (non-hydrogen) atoms. The average molecular weight is 888 g/mol. The van der Waals surface area contributed by atoms with Crippen molar-refractivity contribution < 1.29 is 27.6 Å². The fourth-order valence-electron chi connectivity index (χ4n) is 10.5. The van der Waals surface area contributed by atoms with E-state index in [0.717, 1.165) is 49.4 Å². The molecule has 10 rings (SSSR count). The van der Waals surface area contributed by atoms with E-state index < -0.39 is 36.0 Å². The van der Waals surface area contributed by atoms with Gasteiger partial charge in [-0.25, -0.2) is 22.7 Å². The molecule has 4 atom stereocenters. The van der Waals surface area contributed by atoms with Gasteiger partial charge in [-0.05, 0) is 67.9 Å². The molecule has 7 heterocycles. The van der Waals surface area contributed by atoms with E-state index in [1.807, 2.05) is 34.1 Å². The predicted molar refractivity (Wildman–Crippen MR) is 236 cm³/mol. The number of piperidine rings is 3. The molecule has 4 aromatic rings. The highest BCUT2D eigenvalue weighted by atomic mass is 35.5. The number of likely N-dealkylation sites (tertiary alicyclic amines) is 1. The van der Waals surface area contributed by atoms with Crippen molar-refractivity contribution in [3.8, 4) is 0 Å². The van der Waals surface area contributed by atoms with Crippen LogP contribution in [0.5, 0.6) is 0 Å². The Kier molecular flexibility index (Phi) is 11.1. The molecular weight excluding hydrogens is 835 g/mol. The maximum Gasteiger partial charge on any atom is 0.275 e. The number of nitrogens with zero attached hydrogens (tertiary/aromatic N) is 8. The number of fused-ring (bicyclic) bond motifs is 2. The van der Waals surface area contributed by atoms with Crippen LogP contribution in [-0.2, 0) is 16.0 Å². The zero-order valence-corrected chi connectivity index (χ0v) is 36.1. The monoisotopic (exact) mass is 887 g/mol. The van der Waals surface area contributed by atoms with Crippen LogP contribution < -0.4 is 30.7 Å². The summed E-state index contributed by atoms with van der Waals surface area (Å²) < 4.78 is 47.0. The van der Waals surface area contributed by atoms with Gasteiger partial charge in [-0.15, -0.1) is 5.10 Å². The van der Waals surface area contributed by atoms with Gasteiger partial charge in [-0.2, -0.15) is 0 Å². The molecule has 5 fully saturated rings. The van der Waals surface area contributed by atoms with Crippen molar-refractivity contribution in [2.24, 2.45) is 5.92 Å². The van der Waals surface area contributed by atoms with Gasteiger partial charge in [0.15, 0.2) is 17.2 Å². The van der Waals surface area contributed by atoms with E-state index >= 15 is 8.78 Å². The van der Waals surface area contributed by atoms with Gasteiger partial charge >= 0.3 is 0 Å². The number of benzene rings is 2. The molecule has 0 spiro atoms. The summed E-state index contributed by atoms with van der Waals surface area (Å²) in [6.45, 7) is 5.78. The van der Waals surface area contributed by atoms with Crippen molar-refractivity contribution in [2.75, 3.05) is 92.5 Å². The number of alkyl halides is 3. The van der Waals surface area contributed by atoms with E-state index in [4.69, 9.17) is 16.7 Å². The zero-order valence-electron chi connectivity index (χ0n) is 35.3. The lowest BCUT2D eigenvalue weighted by molar-refractivity contribution is -0.134. The second kappa shape index (κ2) is 16.8. The molecule has 2 aromatic heterocycles. The highest BCUT2D eigenvalue weighted by molar-refractivity contribution is 6.32. The Balaban J connectivity index is 0.726. The quantitative estimate of drug-likeness (QED) is 0.181. The van der Waals surface area contributed by atoms with Crippen LogP contribution in [0.3, 0.4) is 0 Å². The van der Waals surface area contributed by atoms with E-state index in [2.05, 4.69) is 53.8 Å². The number of hydrogen-bond acceptors (Lipinski definition) is 11. The Morgan fingerprint density at radius 3 is 2.43 bits per heavy atom. The summed E-state index contributed by atoms with van der Waals surface area (Å²) in [6.07, 6.45) is 4.59. The third-order valence-corrected chi connectivity index (χ3v) is 14.4. The number of nitrogens with one attached hydrogen (secondary N) is 3. The fraction of sp³-hybridized carbons (Fsp3) is 0.533. The van der Waals surface area contributed by atoms with Gasteiger partial charge in [0.2, 0.25) is 11.8 Å². The number of piperazine rings is 1. The first-order valence-electron chi connectivity index (χ1n) is 22.3. The van der Waals surface area contributed by atoms with E-state index in [9.17, 15) is 18.8 Å². The Morgan fingerprint density at radius 1 is 0.937 bits per heavy atom. The number of hydrogen-bond donors (Lipinski definition) is 3. The van der Waals surface area contributed by atoms with Gasteiger partial charge in [0.25, 0.3) is 11.8 Å². The van der Waals surface area contributed by atoms with Crippen LogP contribution in [0.2, 0.25) is 5.02 Å². The summed E-state index contributed by atoms with van der Waals surface area (Å²) in [5, 5.41) is 13.7. The SMILES string of the molecule is CNc1cc(N2CCc3c(N4CCC(CN5CCC(N6CCN(c7ccc(C8CCC(=O)NC8=O)c(Cl)c7)CC6)C(F)(F)C5)CC4)cccc32)nn2c(C(=O)N[C@@H]3C[C@@H]3F)cnc12. The van der Waals surface area contributed by atoms with Crippen LogP contribution in [0, 0.1) is 5.92 Å². The Morgan fingerprint density at radius 2 is 1.71 bits per heavy atom. The molecule has 2 unspecified atom stereocenters. The van der Waals surface area contributed by atoms with Gasteiger partial charge in [-0.3, -0.25) is 29.5 Å². The normalized spacial score (nSPS) is 25.6. The van der Waals surface area contributed by atoms with Crippen LogP contribution in [0.4, 0.5) is 41.7 Å². The number of rotatable bonds is 10. The molecule has 5 aliphatic heterocycles. The van der Waals surface area contributed by atoms with E-state index in [1.165, 1.54) is 22.0 Å². The molecule has 6 aliphatic rings. The summed E-state index contributed by atoms with van der Waals surface area (Å²) in [5.74, 6) is -3.27. The minimum absolute atomic E-state index is 0.226. The minimum atomic E-state index is -2.82. The third-order valence-electron chi connectivity index (χ3n) is 14.1. The standard InChI is InChI=1S/C45H53ClF3N11O3/c1-50-35-23-40(54-60-38(24-51-42(35)60)44(63)52-34-22-33(34)47)59-16-11-31-36(3-2-4-37(31)59)57-14-9-27(10-15-57)25-55-13-12-39(45(48,49)26-55)58-19-17-56(18-20-58)28-5-6-29(32(46)21-28)30-7-8-41(61)53-43(30)62/h2-6,21,23-24,27,30,33-34,39,50H,7-20,22,25-26H2,1H3,(H,52,63)(H,53,61,62)/t30?,33-,34+,39?/m0/s1. The summed E-state index contributed by atoms with van der Waals surface area (Å²) in [4.78, 5) is 52.2. The van der Waals surface area contributed by atoms with Gasteiger partial charge in [0.05, 0.1) is 36.4 Å². The van der Waals surface area contributed by atoms with Crippen molar-refractivity contribution in [3.63, 3.8) is 0 Å². The maximum atomic E-state index is 16.0. The molecule has 1 aliphatic carbocycles. The fourth-order valence-corrected chi connectivity index (χ4v) is 10.8. The summed E-state index contributed by atoms with van der Waals surface area (Å²) >= 11 is 6.65. The Bertz CT molecular complexity index is 2420. The molecule has 3 N–H and O–H groups in total. The molecule has 2 aromatic carbocycles. The van der Waals surface area contributed by atoms with Gasteiger partial charge in [0, 0.05) is 113 Å². The molecule has 4 saturated heterocycles. The topological polar surface area (TPSA) is 134 Å². The first kappa shape index (κ1) is 41.9. The molecule has 334 valence electrons. The first-order valence-corrected chi connectivity index (χ1v) is 22.7. The molecule has 0 radical (unpaired) electrons. The largest absolute Gasteiger partial charge is 0.385 e. The van der Waals surface area contributed by atoms with Gasteiger partial charge in [-0.1, -0.05) is 23.7 Å². The number of aromatic nitrogens is 3. The number of amides is 3. The van der Waals surface area contributed by atoms with Crippen molar-refractivity contribution in [3.05, 3.63) is 70.5 Å². The van der Waals surface area contributed by atoms with Crippen molar-refractivity contribution in [1.82, 2.24) is 35.0 Å². The van der Waals surface area contributed by atoms with Crippen LogP contribution in [0.15, 0.2) is 48.7 Å². The Labute approximate surface area is 369 Å². The van der Waals surface area contributed by atoms with Crippen LogP contribution in [0.25, 0.3) is 5.65 Å². The van der Waals surface area contributed by atoms with Crippen LogP contribution in [0.1, 0.15) is 66.1 Å². The first-order chi connectivity index (χ1) is 30.4. The van der Waals surface area contributed by atoms with E-state index in [-0.39, 0.29) is 30.5 Å². The van der Waals surface area contributed by atoms with E-state index in [0.29, 0.717) is 93.0 Å². The van der Waals surface area contributed by atoms with E-state index in [1.54, 1.807) is 7.05 Å². The smallest absolute Gasteiger partial charge is 0.275 e. The average Bonchev–Trinajstić information content (AvgIpc) is 3.58. The minimum Gasteiger partial charge on any atom is -0.385 e. The lowest BCUT2D eigenvalue weighted by Gasteiger charge is -2.47. The highest BCUT2D eigenvalue weighted by Gasteiger charge is 2.48. The highest BCUT2D eigenvalue weighted by Crippen LogP contribution is 2.42. The lowest BCUT2D eigenvalue weighted by atomic mass is 9.90. The second-order valence-electron chi connectivity index (χ2n) is 18.0.